The largest absolute Gasteiger partial charge is 0.478 e. The van der Waals surface area contributed by atoms with Gasteiger partial charge in [0, 0.05) is 12.1 Å². The third-order valence-corrected chi connectivity index (χ3v) is 2.96. The molecule has 21 heavy (non-hydrogen) atoms. The average molecular weight is 288 g/mol. The van der Waals surface area contributed by atoms with Gasteiger partial charge in [0.2, 0.25) is 5.88 Å². The van der Waals surface area contributed by atoms with E-state index in [0.29, 0.717) is 17.0 Å². The van der Waals surface area contributed by atoms with E-state index in [2.05, 4.69) is 4.98 Å². The summed E-state index contributed by atoms with van der Waals surface area (Å²) in [7, 11) is 0. The highest BCUT2D eigenvalue weighted by atomic mass is 16.6. The van der Waals surface area contributed by atoms with E-state index in [-0.39, 0.29) is 17.1 Å². The zero-order valence-corrected chi connectivity index (χ0v) is 11.4. The summed E-state index contributed by atoms with van der Waals surface area (Å²) in [6.45, 7) is 3.13. The van der Waals surface area contributed by atoms with E-state index in [0.717, 1.165) is 0 Å². The molecule has 0 atom stereocenters. The van der Waals surface area contributed by atoms with Crippen LogP contribution in [0, 0.1) is 24.0 Å². The van der Waals surface area contributed by atoms with Crippen LogP contribution in [-0.4, -0.2) is 21.0 Å². The second-order valence-electron chi connectivity index (χ2n) is 4.35. The summed E-state index contributed by atoms with van der Waals surface area (Å²) in [6.07, 6.45) is 0. The Hall–Kier alpha value is -2.96. The van der Waals surface area contributed by atoms with E-state index in [1.165, 1.54) is 24.3 Å². The van der Waals surface area contributed by atoms with Crippen LogP contribution in [0.25, 0.3) is 0 Å². The molecule has 0 aliphatic heterocycles. The summed E-state index contributed by atoms with van der Waals surface area (Å²) in [5.41, 5.74) is 0.719. The fourth-order valence-electron chi connectivity index (χ4n) is 1.84. The Labute approximate surface area is 120 Å². The molecule has 1 heterocycles. The molecule has 2 aromatic rings. The Morgan fingerprint density at radius 3 is 2.57 bits per heavy atom. The predicted octanol–water partition coefficient (Wildman–Crippen LogP) is 3.10. The molecule has 0 amide bonds. The molecule has 1 aromatic carbocycles. The van der Waals surface area contributed by atoms with Crippen LogP contribution in [0.2, 0.25) is 0 Å². The highest BCUT2D eigenvalue weighted by Crippen LogP contribution is 2.30. The van der Waals surface area contributed by atoms with Gasteiger partial charge in [-0.3, -0.25) is 10.1 Å². The Kier molecular flexibility index (Phi) is 3.84. The van der Waals surface area contributed by atoms with Crippen molar-refractivity contribution in [3.63, 3.8) is 0 Å². The topological polar surface area (TPSA) is 103 Å². The summed E-state index contributed by atoms with van der Waals surface area (Å²) in [4.78, 5) is 25.3. The van der Waals surface area contributed by atoms with Crippen LogP contribution in [0.3, 0.4) is 0 Å². The number of pyridine rings is 1. The number of aromatic carboxylic acids is 1. The minimum absolute atomic E-state index is 0.0496. The molecule has 0 spiro atoms. The fourth-order valence-corrected chi connectivity index (χ4v) is 1.84. The monoisotopic (exact) mass is 288 g/mol. The molecule has 1 aromatic heterocycles. The first-order valence-corrected chi connectivity index (χ1v) is 6.03. The molecule has 0 unspecified atom stereocenters. The molecule has 0 saturated carbocycles. The number of nitro groups is 1. The Morgan fingerprint density at radius 2 is 2.00 bits per heavy atom. The van der Waals surface area contributed by atoms with Gasteiger partial charge in [0.1, 0.15) is 5.75 Å². The van der Waals surface area contributed by atoms with Crippen molar-refractivity contribution in [2.75, 3.05) is 0 Å². The Bertz CT molecular complexity index is 727. The number of nitro benzene ring substituents is 1. The highest BCUT2D eigenvalue weighted by molar-refractivity contribution is 5.88. The molecule has 108 valence electrons. The quantitative estimate of drug-likeness (QED) is 0.685. The Morgan fingerprint density at radius 1 is 1.29 bits per heavy atom. The minimum atomic E-state index is -1.07. The van der Waals surface area contributed by atoms with Gasteiger partial charge in [-0.15, -0.1) is 0 Å². The number of carboxylic acid groups (broad SMARTS) is 1. The van der Waals surface area contributed by atoms with Gasteiger partial charge in [-0.05, 0) is 26.0 Å². The van der Waals surface area contributed by atoms with Gasteiger partial charge in [-0.2, -0.15) is 0 Å². The van der Waals surface area contributed by atoms with Crippen LogP contribution < -0.4 is 4.74 Å². The second-order valence-corrected chi connectivity index (χ2v) is 4.35. The Balaban J connectivity index is 2.35. The lowest BCUT2D eigenvalue weighted by atomic mass is 10.2. The van der Waals surface area contributed by atoms with Gasteiger partial charge >= 0.3 is 5.97 Å². The SMILES string of the molecule is Cc1nc(Oc2cccc([N+](=O)[O-])c2C)ccc1C(=O)O. The lowest BCUT2D eigenvalue weighted by Crippen LogP contribution is -2.02. The van der Waals surface area contributed by atoms with E-state index in [1.807, 2.05) is 0 Å². The maximum absolute atomic E-state index is 10.9. The molecule has 1 N–H and O–H groups in total. The van der Waals surface area contributed by atoms with Crippen molar-refractivity contribution in [1.29, 1.82) is 0 Å². The molecule has 0 saturated heterocycles. The van der Waals surface area contributed by atoms with Crippen molar-refractivity contribution >= 4 is 11.7 Å². The molecular weight excluding hydrogens is 276 g/mol. The van der Waals surface area contributed by atoms with Crippen molar-refractivity contribution in [1.82, 2.24) is 4.98 Å². The van der Waals surface area contributed by atoms with Crippen molar-refractivity contribution in [3.8, 4) is 11.6 Å². The molecule has 7 heteroatoms. The second kappa shape index (κ2) is 5.58. The van der Waals surface area contributed by atoms with Gasteiger partial charge < -0.3 is 9.84 Å². The first-order chi connectivity index (χ1) is 9.90. The summed E-state index contributed by atoms with van der Waals surface area (Å²) in [6, 6.07) is 7.28. The number of hydrogen-bond acceptors (Lipinski definition) is 5. The molecule has 2 rings (SSSR count). The van der Waals surface area contributed by atoms with Gasteiger partial charge in [0.15, 0.2) is 0 Å². The van der Waals surface area contributed by atoms with Crippen LogP contribution in [0.4, 0.5) is 5.69 Å². The number of rotatable bonds is 4. The number of carboxylic acids is 1. The fraction of sp³-hybridized carbons (Fsp3) is 0.143. The van der Waals surface area contributed by atoms with Crippen LogP contribution in [0.1, 0.15) is 21.6 Å². The summed E-state index contributed by atoms with van der Waals surface area (Å²) in [5, 5.41) is 19.8. The molecular formula is C14H12N2O5. The number of hydrogen-bond donors (Lipinski definition) is 1. The zero-order valence-electron chi connectivity index (χ0n) is 11.4. The van der Waals surface area contributed by atoms with Crippen LogP contribution in [-0.2, 0) is 0 Å². The maximum Gasteiger partial charge on any atom is 0.337 e. The van der Waals surface area contributed by atoms with Gasteiger partial charge in [0.25, 0.3) is 5.69 Å². The first-order valence-electron chi connectivity index (χ1n) is 6.03. The summed E-state index contributed by atoms with van der Waals surface area (Å²) >= 11 is 0. The zero-order chi connectivity index (χ0) is 15.6. The van der Waals surface area contributed by atoms with Crippen LogP contribution >= 0.6 is 0 Å². The third kappa shape index (κ3) is 2.97. The average Bonchev–Trinajstić information content (AvgIpc) is 2.40. The summed E-state index contributed by atoms with van der Waals surface area (Å²) < 4.78 is 5.51. The molecule has 0 bridgehead atoms. The highest BCUT2D eigenvalue weighted by Gasteiger charge is 2.16. The summed E-state index contributed by atoms with van der Waals surface area (Å²) in [5.74, 6) is -0.585. The maximum atomic E-state index is 10.9. The smallest absolute Gasteiger partial charge is 0.337 e. The molecule has 7 nitrogen and oxygen atoms in total. The lowest BCUT2D eigenvalue weighted by Gasteiger charge is -2.09. The number of ether oxygens (including phenoxy) is 1. The standard InChI is InChI=1S/C14H12N2O5/c1-8-11(16(19)20)4-3-5-12(8)21-13-7-6-10(14(17)18)9(2)15-13/h3-7H,1-2H3,(H,17,18). The van der Waals surface area contributed by atoms with Crippen molar-refractivity contribution in [2.45, 2.75) is 13.8 Å². The van der Waals surface area contributed by atoms with Crippen molar-refractivity contribution < 1.29 is 19.6 Å². The number of aromatic nitrogens is 1. The van der Waals surface area contributed by atoms with E-state index in [9.17, 15) is 14.9 Å². The van der Waals surface area contributed by atoms with Crippen molar-refractivity contribution in [2.24, 2.45) is 0 Å². The molecule has 0 fully saturated rings. The number of nitrogens with zero attached hydrogens (tertiary/aromatic N) is 2. The van der Waals surface area contributed by atoms with E-state index < -0.39 is 10.9 Å². The van der Waals surface area contributed by atoms with Gasteiger partial charge in [0.05, 0.1) is 21.7 Å². The molecule has 0 aliphatic carbocycles. The van der Waals surface area contributed by atoms with Crippen LogP contribution in [0.5, 0.6) is 11.6 Å². The normalized spacial score (nSPS) is 10.2. The number of aryl methyl sites for hydroxylation is 1. The minimum Gasteiger partial charge on any atom is -0.478 e. The van der Waals surface area contributed by atoms with E-state index in [4.69, 9.17) is 9.84 Å². The first kappa shape index (κ1) is 14.4. The van der Waals surface area contributed by atoms with E-state index >= 15 is 0 Å². The van der Waals surface area contributed by atoms with Gasteiger partial charge in [-0.1, -0.05) is 6.07 Å². The molecule has 0 aliphatic rings. The molecule has 0 radical (unpaired) electrons. The van der Waals surface area contributed by atoms with E-state index in [1.54, 1.807) is 19.9 Å². The van der Waals surface area contributed by atoms with Gasteiger partial charge in [-0.25, -0.2) is 9.78 Å². The number of benzene rings is 1. The van der Waals surface area contributed by atoms with Crippen molar-refractivity contribution in [3.05, 3.63) is 57.3 Å². The number of carbonyl (C=O) groups is 1. The lowest BCUT2D eigenvalue weighted by molar-refractivity contribution is -0.385. The third-order valence-electron chi connectivity index (χ3n) is 2.96. The van der Waals surface area contributed by atoms with Crippen LogP contribution in [0.15, 0.2) is 30.3 Å². The predicted molar refractivity (Wildman–Crippen MR) is 73.8 cm³/mol.